The van der Waals surface area contributed by atoms with Gasteiger partial charge in [0.2, 0.25) is 5.91 Å². The normalized spacial score (nSPS) is 10.9. The van der Waals surface area contributed by atoms with Crippen LogP contribution in [0, 0.1) is 0 Å². The maximum absolute atomic E-state index is 12.5. The zero-order chi connectivity index (χ0) is 23.4. The van der Waals surface area contributed by atoms with E-state index < -0.39 is 0 Å². The number of ether oxygens (including phenoxy) is 1. The number of anilines is 1. The third-order valence-corrected chi connectivity index (χ3v) is 6.87. The third kappa shape index (κ3) is 5.67. The average molecular weight is 520 g/mol. The molecule has 4 rings (SSSR count). The molecule has 11 heteroatoms. The van der Waals surface area contributed by atoms with Crippen molar-refractivity contribution < 1.29 is 9.53 Å². The van der Waals surface area contributed by atoms with Crippen molar-refractivity contribution in [1.82, 2.24) is 19.7 Å². The van der Waals surface area contributed by atoms with Crippen molar-refractivity contribution in [2.75, 3.05) is 17.7 Å². The fourth-order valence-corrected chi connectivity index (χ4v) is 4.94. The Hall–Kier alpha value is -2.59. The lowest BCUT2D eigenvalue weighted by Crippen LogP contribution is -2.14. The van der Waals surface area contributed by atoms with Crippen LogP contribution in [0.1, 0.15) is 6.92 Å². The summed E-state index contributed by atoms with van der Waals surface area (Å²) in [6, 6.07) is 12.9. The van der Waals surface area contributed by atoms with Gasteiger partial charge in [0.1, 0.15) is 5.75 Å². The quantitative estimate of drug-likeness (QED) is 0.285. The molecule has 0 unspecified atom stereocenters. The highest BCUT2D eigenvalue weighted by Crippen LogP contribution is 2.32. The van der Waals surface area contributed by atoms with Crippen molar-refractivity contribution in [2.24, 2.45) is 7.05 Å². The van der Waals surface area contributed by atoms with Crippen LogP contribution in [0.25, 0.3) is 22.6 Å². The largest absolute Gasteiger partial charge is 0.494 e. The molecule has 0 saturated heterocycles. The molecular formula is C22H19Cl2N5O2S2. The summed E-state index contributed by atoms with van der Waals surface area (Å²) in [4.78, 5) is 16.9. The van der Waals surface area contributed by atoms with Crippen LogP contribution < -0.4 is 10.1 Å². The number of amides is 1. The molecule has 7 nitrogen and oxygen atoms in total. The fraction of sp³-hybridized carbons (Fsp3) is 0.182. The van der Waals surface area contributed by atoms with Crippen LogP contribution >= 0.6 is 46.3 Å². The van der Waals surface area contributed by atoms with E-state index in [0.29, 0.717) is 38.5 Å². The Kier molecular flexibility index (Phi) is 7.54. The lowest BCUT2D eigenvalue weighted by atomic mass is 10.2. The van der Waals surface area contributed by atoms with Crippen LogP contribution in [-0.4, -0.2) is 38.0 Å². The van der Waals surface area contributed by atoms with Crippen molar-refractivity contribution in [1.29, 1.82) is 0 Å². The number of carbonyl (C=O) groups excluding carboxylic acids is 1. The van der Waals surface area contributed by atoms with Crippen molar-refractivity contribution in [3.05, 3.63) is 57.9 Å². The summed E-state index contributed by atoms with van der Waals surface area (Å²) in [5, 5.41) is 15.3. The first kappa shape index (κ1) is 23.6. The molecule has 0 fully saturated rings. The van der Waals surface area contributed by atoms with Gasteiger partial charge < -0.3 is 14.6 Å². The summed E-state index contributed by atoms with van der Waals surface area (Å²) in [6.07, 6.45) is 0. The summed E-state index contributed by atoms with van der Waals surface area (Å²) < 4.78 is 7.33. The first-order chi connectivity index (χ1) is 15.9. The Balaban J connectivity index is 1.36. The highest BCUT2D eigenvalue weighted by Gasteiger charge is 2.15. The summed E-state index contributed by atoms with van der Waals surface area (Å²) in [7, 11) is 1.87. The Morgan fingerprint density at radius 3 is 2.70 bits per heavy atom. The van der Waals surface area contributed by atoms with Crippen LogP contribution in [0.5, 0.6) is 5.75 Å². The van der Waals surface area contributed by atoms with Crippen molar-refractivity contribution in [3.8, 4) is 28.4 Å². The molecule has 0 bridgehead atoms. The summed E-state index contributed by atoms with van der Waals surface area (Å²) in [5.74, 6) is 1.50. The van der Waals surface area contributed by atoms with Gasteiger partial charge in [-0.25, -0.2) is 4.98 Å². The second-order valence-electron chi connectivity index (χ2n) is 6.82. The van der Waals surface area contributed by atoms with Gasteiger partial charge in [0.05, 0.1) is 23.1 Å². The van der Waals surface area contributed by atoms with E-state index in [0.717, 1.165) is 16.9 Å². The summed E-state index contributed by atoms with van der Waals surface area (Å²) >= 11 is 14.8. The predicted molar refractivity (Wildman–Crippen MR) is 135 cm³/mol. The van der Waals surface area contributed by atoms with Gasteiger partial charge in [0.25, 0.3) is 0 Å². The van der Waals surface area contributed by atoms with Crippen LogP contribution in [0.2, 0.25) is 10.0 Å². The zero-order valence-corrected chi connectivity index (χ0v) is 20.9. The Morgan fingerprint density at radius 1 is 1.18 bits per heavy atom. The molecule has 1 amide bonds. The fourth-order valence-electron chi connectivity index (χ4n) is 3.00. The van der Waals surface area contributed by atoms with Crippen molar-refractivity contribution in [2.45, 2.75) is 12.1 Å². The van der Waals surface area contributed by atoms with Crippen LogP contribution in [-0.2, 0) is 11.8 Å². The molecule has 170 valence electrons. The van der Waals surface area contributed by atoms with Gasteiger partial charge in [-0.1, -0.05) is 35.0 Å². The standard InChI is InChI=1S/C22H19Cl2N5O2S2/c1-3-31-15-7-4-13(5-8-15)20-27-28-22(29(20)2)33-12-19(30)26-21-25-18(11-32-21)16-9-6-14(23)10-17(16)24/h4-11H,3,12H2,1-2H3,(H,25,26,30). The van der Waals surface area contributed by atoms with Gasteiger partial charge in [-0.05, 0) is 49.4 Å². The van der Waals surface area contributed by atoms with Crippen LogP contribution in [0.15, 0.2) is 53.0 Å². The minimum atomic E-state index is -0.186. The summed E-state index contributed by atoms with van der Waals surface area (Å²) in [6.45, 7) is 2.56. The number of hydrogen-bond donors (Lipinski definition) is 1. The smallest absolute Gasteiger partial charge is 0.236 e. The molecule has 0 spiro atoms. The van der Waals surface area contributed by atoms with Gasteiger partial charge in [-0.15, -0.1) is 21.5 Å². The van der Waals surface area contributed by atoms with E-state index in [1.165, 1.54) is 23.1 Å². The number of benzene rings is 2. The lowest BCUT2D eigenvalue weighted by Gasteiger charge is -2.06. The molecule has 0 radical (unpaired) electrons. The number of nitrogens with one attached hydrogen (secondary N) is 1. The SMILES string of the molecule is CCOc1ccc(-c2nnc(SCC(=O)Nc3nc(-c4ccc(Cl)cc4Cl)cs3)n2C)cc1. The van der Waals surface area contributed by atoms with E-state index in [4.69, 9.17) is 27.9 Å². The molecular weight excluding hydrogens is 501 g/mol. The Labute approximate surface area is 209 Å². The Bertz CT molecular complexity index is 1270. The topological polar surface area (TPSA) is 81.9 Å². The van der Waals surface area contributed by atoms with Gasteiger partial charge in [0, 0.05) is 28.6 Å². The van der Waals surface area contributed by atoms with Gasteiger partial charge in [-0.2, -0.15) is 0 Å². The molecule has 0 saturated carbocycles. The second-order valence-corrected chi connectivity index (χ2v) is 9.47. The first-order valence-electron chi connectivity index (χ1n) is 9.91. The molecule has 0 aliphatic rings. The highest BCUT2D eigenvalue weighted by molar-refractivity contribution is 7.99. The third-order valence-electron chi connectivity index (χ3n) is 4.55. The number of nitrogens with zero attached hydrogens (tertiary/aromatic N) is 4. The highest BCUT2D eigenvalue weighted by atomic mass is 35.5. The molecule has 2 heterocycles. The monoisotopic (exact) mass is 519 g/mol. The van der Waals surface area contributed by atoms with E-state index in [-0.39, 0.29) is 11.7 Å². The van der Waals surface area contributed by atoms with Gasteiger partial charge in [0.15, 0.2) is 16.1 Å². The van der Waals surface area contributed by atoms with E-state index in [2.05, 4.69) is 20.5 Å². The maximum Gasteiger partial charge on any atom is 0.236 e. The minimum absolute atomic E-state index is 0.172. The molecule has 0 aliphatic heterocycles. The Morgan fingerprint density at radius 2 is 1.97 bits per heavy atom. The number of hydrogen-bond acceptors (Lipinski definition) is 7. The first-order valence-corrected chi connectivity index (χ1v) is 12.5. The number of carbonyl (C=O) groups is 1. The molecule has 1 N–H and O–H groups in total. The molecule has 2 aromatic carbocycles. The van der Waals surface area contributed by atoms with Crippen LogP contribution in [0.3, 0.4) is 0 Å². The molecule has 0 atom stereocenters. The van der Waals surface area contributed by atoms with E-state index >= 15 is 0 Å². The summed E-state index contributed by atoms with van der Waals surface area (Å²) in [5.41, 5.74) is 2.35. The molecule has 4 aromatic rings. The zero-order valence-electron chi connectivity index (χ0n) is 17.7. The number of halogens is 2. The number of thioether (sulfide) groups is 1. The molecule has 33 heavy (non-hydrogen) atoms. The van der Waals surface area contributed by atoms with E-state index in [9.17, 15) is 4.79 Å². The predicted octanol–water partition coefficient (Wildman–Crippen LogP) is 6.04. The van der Waals surface area contributed by atoms with Crippen LogP contribution in [0.4, 0.5) is 5.13 Å². The average Bonchev–Trinajstić information content (AvgIpc) is 3.39. The number of aromatic nitrogens is 4. The van der Waals surface area contributed by atoms with Gasteiger partial charge >= 0.3 is 0 Å². The minimum Gasteiger partial charge on any atom is -0.494 e. The molecule has 0 aliphatic carbocycles. The van der Waals surface area contributed by atoms with E-state index in [1.807, 2.05) is 48.2 Å². The number of thiazole rings is 1. The van der Waals surface area contributed by atoms with E-state index in [1.54, 1.807) is 18.2 Å². The lowest BCUT2D eigenvalue weighted by molar-refractivity contribution is -0.113. The van der Waals surface area contributed by atoms with Crippen molar-refractivity contribution in [3.63, 3.8) is 0 Å². The molecule has 2 aromatic heterocycles. The van der Waals surface area contributed by atoms with Crippen molar-refractivity contribution >= 4 is 57.3 Å². The second kappa shape index (κ2) is 10.6. The maximum atomic E-state index is 12.5. The van der Waals surface area contributed by atoms with Gasteiger partial charge in [-0.3, -0.25) is 4.79 Å². The number of rotatable bonds is 8.